The van der Waals surface area contributed by atoms with Crippen molar-refractivity contribution in [1.29, 1.82) is 0 Å². The molecular formula is C22H27F2N10O5PS. The zero-order chi connectivity index (χ0) is 29.1. The monoisotopic (exact) mass is 612 g/mol. The molecular weight excluding hydrogens is 585 g/mol. The highest BCUT2D eigenvalue weighted by molar-refractivity contribution is 8.07. The topological polar surface area (TPSA) is 196 Å². The molecule has 19 heteroatoms. The van der Waals surface area contributed by atoms with Crippen LogP contribution in [0, 0.1) is 5.92 Å². The second-order valence-corrected chi connectivity index (χ2v) is 12.6. The van der Waals surface area contributed by atoms with E-state index in [0.29, 0.717) is 28.7 Å². The van der Waals surface area contributed by atoms with Crippen molar-refractivity contribution in [3.05, 3.63) is 25.3 Å². The first kappa shape index (κ1) is 28.1. The van der Waals surface area contributed by atoms with Gasteiger partial charge in [0, 0.05) is 5.92 Å². The first-order valence-corrected chi connectivity index (χ1v) is 15.3. The van der Waals surface area contributed by atoms with Gasteiger partial charge in [-0.3, -0.25) is 13.7 Å². The van der Waals surface area contributed by atoms with Crippen LogP contribution in [0.5, 0.6) is 0 Å². The van der Waals surface area contributed by atoms with Gasteiger partial charge in [0.2, 0.25) is 0 Å². The number of nitrogen functional groups attached to an aromatic ring is 2. The van der Waals surface area contributed by atoms with Gasteiger partial charge in [-0.25, -0.2) is 38.7 Å². The summed E-state index contributed by atoms with van der Waals surface area (Å²) < 4.78 is 56.8. The molecule has 9 atom stereocenters. The van der Waals surface area contributed by atoms with Crippen molar-refractivity contribution in [2.24, 2.45) is 5.92 Å². The van der Waals surface area contributed by atoms with Gasteiger partial charge in [-0.1, -0.05) is 13.8 Å². The van der Waals surface area contributed by atoms with Crippen LogP contribution < -0.4 is 11.5 Å². The molecule has 6 heterocycles. The van der Waals surface area contributed by atoms with Gasteiger partial charge in [0.15, 0.2) is 47.7 Å². The molecule has 0 aliphatic carbocycles. The van der Waals surface area contributed by atoms with Crippen LogP contribution in [0.3, 0.4) is 0 Å². The lowest BCUT2D eigenvalue weighted by molar-refractivity contribution is -0.0456. The zero-order valence-corrected chi connectivity index (χ0v) is 23.5. The van der Waals surface area contributed by atoms with E-state index in [1.165, 1.54) is 34.4 Å². The molecule has 0 radical (unpaired) electrons. The number of fused-ring (bicyclic) bond motifs is 2. The predicted octanol–water partition coefficient (Wildman–Crippen LogP) is 1.97. The number of aromatic nitrogens is 8. The average molecular weight is 613 g/mol. The van der Waals surface area contributed by atoms with Crippen LogP contribution in [0.4, 0.5) is 20.4 Å². The van der Waals surface area contributed by atoms with E-state index in [9.17, 15) is 4.89 Å². The molecule has 4 aromatic rings. The molecule has 0 amide bonds. The fourth-order valence-corrected chi connectivity index (χ4v) is 6.48. The lowest BCUT2D eigenvalue weighted by Crippen LogP contribution is -2.31. The molecule has 0 aromatic carbocycles. The second-order valence-electron chi connectivity index (χ2n) is 9.79. The molecule has 15 nitrogen and oxygen atoms in total. The molecule has 4 aromatic heterocycles. The normalized spacial score (nSPS) is 31.7. The number of hydrogen-bond donors (Lipinski definition) is 3. The highest BCUT2D eigenvalue weighted by atomic mass is 32.5. The molecule has 220 valence electrons. The Labute approximate surface area is 236 Å². The fourth-order valence-electron chi connectivity index (χ4n) is 5.07. The van der Waals surface area contributed by atoms with Crippen LogP contribution in [0.25, 0.3) is 22.3 Å². The van der Waals surface area contributed by atoms with Crippen LogP contribution in [-0.2, 0) is 30.3 Å². The van der Waals surface area contributed by atoms with Crippen LogP contribution in [0.15, 0.2) is 25.3 Å². The molecule has 6 rings (SSSR count). The van der Waals surface area contributed by atoms with E-state index in [4.69, 9.17) is 41.8 Å². The first-order valence-electron chi connectivity index (χ1n) is 12.7. The van der Waals surface area contributed by atoms with Crippen molar-refractivity contribution in [2.75, 3.05) is 18.1 Å². The molecule has 41 heavy (non-hydrogen) atoms. The summed E-state index contributed by atoms with van der Waals surface area (Å²) >= 11 is 5.23. The van der Waals surface area contributed by atoms with Gasteiger partial charge in [-0.05, 0) is 18.2 Å². The summed E-state index contributed by atoms with van der Waals surface area (Å²) in [4.78, 5) is 35.4. The molecule has 2 saturated heterocycles. The lowest BCUT2D eigenvalue weighted by atomic mass is 10.0. The molecule has 1 unspecified atom stereocenters. The van der Waals surface area contributed by atoms with Gasteiger partial charge in [-0.15, -0.1) is 0 Å². The van der Waals surface area contributed by atoms with Gasteiger partial charge in [0.25, 0.3) is 0 Å². The van der Waals surface area contributed by atoms with E-state index in [0.717, 1.165) is 0 Å². The number of hydrogen-bond acceptors (Lipinski definition) is 13. The van der Waals surface area contributed by atoms with E-state index >= 15 is 8.78 Å². The van der Waals surface area contributed by atoms with Crippen LogP contribution in [-0.4, -0.2) is 81.2 Å². The van der Waals surface area contributed by atoms with Crippen LogP contribution in [0.1, 0.15) is 32.7 Å². The number of halogens is 2. The maximum absolute atomic E-state index is 15.5. The molecule has 2 aliphatic rings. The number of alkyl halides is 2. The Morgan fingerprint density at radius 1 is 0.927 bits per heavy atom. The number of anilines is 2. The standard InChI is InChI=1S/C22H27F2N10O5PS/c1-3-10-13(24)16(22(37-10)34-8-32-15-18(26)28-6-30-20(15)34)39-40(35,41)36-4-11-9(2)12(23)21(38-11)33-7-31-14-17(25)27-5-29-19(14)33/h5-13,16,21-22H,3-4H2,1-2H3,(H,35,41)(H2,25,27,29)(H2,26,28,30)/t9-,10-,11-,12-,13-,16-,21-,22-,40?/m1/s1. The van der Waals surface area contributed by atoms with Gasteiger partial charge < -0.3 is 30.4 Å². The van der Waals surface area contributed by atoms with Crippen LogP contribution >= 0.6 is 6.72 Å². The first-order chi connectivity index (χ1) is 19.6. The van der Waals surface area contributed by atoms with Crippen molar-refractivity contribution in [3.8, 4) is 0 Å². The Balaban J connectivity index is 1.18. The lowest BCUT2D eigenvalue weighted by Gasteiger charge is -2.26. The number of nitrogens with zero attached hydrogens (tertiary/aromatic N) is 8. The Bertz CT molecular complexity index is 1630. The maximum atomic E-state index is 15.5. The Morgan fingerprint density at radius 2 is 1.49 bits per heavy atom. The summed E-state index contributed by atoms with van der Waals surface area (Å²) in [7, 11) is 0. The minimum Gasteiger partial charge on any atom is -0.382 e. The quantitative estimate of drug-likeness (QED) is 0.244. The number of rotatable bonds is 8. The summed E-state index contributed by atoms with van der Waals surface area (Å²) in [5, 5.41) is 0. The summed E-state index contributed by atoms with van der Waals surface area (Å²) in [6.07, 6.45) is -2.82. The summed E-state index contributed by atoms with van der Waals surface area (Å²) in [5.74, 6) is -0.382. The van der Waals surface area contributed by atoms with Gasteiger partial charge in [0.05, 0.1) is 31.5 Å². The zero-order valence-electron chi connectivity index (χ0n) is 21.8. The van der Waals surface area contributed by atoms with Crippen molar-refractivity contribution < 1.29 is 32.2 Å². The van der Waals surface area contributed by atoms with Crippen molar-refractivity contribution in [3.63, 3.8) is 0 Å². The summed E-state index contributed by atoms with van der Waals surface area (Å²) in [6.45, 7) is -1.02. The average Bonchev–Trinajstić information content (AvgIpc) is 3.70. The second kappa shape index (κ2) is 10.7. The molecule has 0 bridgehead atoms. The van der Waals surface area contributed by atoms with E-state index in [-0.39, 0.29) is 18.2 Å². The van der Waals surface area contributed by atoms with Crippen LogP contribution in [0.2, 0.25) is 0 Å². The molecule has 2 aliphatic heterocycles. The number of imidazole rings is 2. The molecule has 0 saturated carbocycles. The smallest absolute Gasteiger partial charge is 0.325 e. The van der Waals surface area contributed by atoms with E-state index in [1.807, 2.05) is 0 Å². The minimum atomic E-state index is -4.09. The van der Waals surface area contributed by atoms with Crippen molar-refractivity contribution >= 4 is 52.5 Å². The summed E-state index contributed by atoms with van der Waals surface area (Å²) in [5.41, 5.74) is 12.9. The highest BCUT2D eigenvalue weighted by Gasteiger charge is 2.50. The Kier molecular flexibility index (Phi) is 7.34. The third-order valence-corrected chi connectivity index (χ3v) is 8.88. The molecule has 5 N–H and O–H groups in total. The largest absolute Gasteiger partial charge is 0.382 e. The predicted molar refractivity (Wildman–Crippen MR) is 144 cm³/mol. The third-order valence-electron chi connectivity index (χ3n) is 7.32. The van der Waals surface area contributed by atoms with Gasteiger partial charge >= 0.3 is 6.72 Å². The molecule has 0 spiro atoms. The Morgan fingerprint density at radius 3 is 2.07 bits per heavy atom. The Hall–Kier alpha value is -2.99. The number of ether oxygens (including phenoxy) is 2. The number of nitrogens with two attached hydrogens (primary N) is 2. The maximum Gasteiger partial charge on any atom is 0.325 e. The molecule has 2 fully saturated rings. The van der Waals surface area contributed by atoms with E-state index < -0.39 is 55.7 Å². The van der Waals surface area contributed by atoms with Gasteiger partial charge in [0.1, 0.15) is 29.8 Å². The fraction of sp³-hybridized carbons (Fsp3) is 0.545. The van der Waals surface area contributed by atoms with Crippen molar-refractivity contribution in [2.45, 2.75) is 63.4 Å². The van der Waals surface area contributed by atoms with E-state index in [2.05, 4.69) is 29.9 Å². The SMILES string of the molecule is CC[C@H]1O[C@@H](n2cnc3c(N)ncnc32)[C@H](OP(O)(=S)OC[C@H]2O[C@@H](n3cnc4c(N)ncnc43)[C@H](F)[C@@H]2C)[C@@H]1F. The summed E-state index contributed by atoms with van der Waals surface area (Å²) in [6, 6.07) is 0. The minimum absolute atomic E-state index is 0.137. The third kappa shape index (κ3) is 4.92. The highest BCUT2D eigenvalue weighted by Crippen LogP contribution is 2.51. The van der Waals surface area contributed by atoms with E-state index in [1.54, 1.807) is 13.8 Å². The van der Waals surface area contributed by atoms with Crippen molar-refractivity contribution in [1.82, 2.24) is 39.0 Å². The van der Waals surface area contributed by atoms with Gasteiger partial charge in [-0.2, -0.15) is 0 Å².